The lowest BCUT2D eigenvalue weighted by atomic mass is 10.1. The molecule has 0 spiro atoms. The molecule has 1 atom stereocenters. The summed E-state index contributed by atoms with van der Waals surface area (Å²) in [5.74, 6) is -0.783. The Labute approximate surface area is 154 Å². The first-order chi connectivity index (χ1) is 12.2. The molecule has 2 aromatic carbocycles. The highest BCUT2D eigenvalue weighted by atomic mass is 32.2. The first-order valence-electron chi connectivity index (χ1n) is 8.28. The number of carbonyl (C=O) groups is 1. The van der Waals surface area contributed by atoms with E-state index in [9.17, 15) is 17.6 Å². The van der Waals surface area contributed by atoms with Gasteiger partial charge in [0, 0.05) is 13.6 Å². The van der Waals surface area contributed by atoms with Crippen molar-refractivity contribution in [1.82, 2.24) is 4.90 Å². The minimum absolute atomic E-state index is 0.266. The summed E-state index contributed by atoms with van der Waals surface area (Å²) in [5, 5.41) is 0. The number of hydrogen-bond donors (Lipinski definition) is 0. The third-order valence-electron chi connectivity index (χ3n) is 4.03. The molecule has 5 nitrogen and oxygen atoms in total. The molecule has 0 saturated heterocycles. The van der Waals surface area contributed by atoms with Crippen LogP contribution in [0.2, 0.25) is 0 Å². The Morgan fingerprint density at radius 3 is 2.15 bits per heavy atom. The van der Waals surface area contributed by atoms with Crippen molar-refractivity contribution in [2.75, 3.05) is 17.6 Å². The topological polar surface area (TPSA) is 57.7 Å². The summed E-state index contributed by atoms with van der Waals surface area (Å²) in [7, 11) is -2.09. The molecule has 2 aromatic rings. The number of amides is 1. The van der Waals surface area contributed by atoms with E-state index >= 15 is 0 Å². The van der Waals surface area contributed by atoms with E-state index in [1.807, 2.05) is 30.3 Å². The Kier molecular flexibility index (Phi) is 6.37. The van der Waals surface area contributed by atoms with Crippen LogP contribution in [0.5, 0.6) is 0 Å². The van der Waals surface area contributed by atoms with Gasteiger partial charge < -0.3 is 4.90 Å². The number of anilines is 1. The highest BCUT2D eigenvalue weighted by molar-refractivity contribution is 7.92. The summed E-state index contributed by atoms with van der Waals surface area (Å²) in [4.78, 5) is 14.5. The van der Waals surface area contributed by atoms with Crippen molar-refractivity contribution in [1.29, 1.82) is 0 Å². The summed E-state index contributed by atoms with van der Waals surface area (Å²) < 4.78 is 39.0. The molecule has 1 amide bonds. The molecular formula is C19H23FN2O3S. The second kappa shape index (κ2) is 8.31. The third kappa shape index (κ3) is 4.82. The number of benzene rings is 2. The second-order valence-electron chi connectivity index (χ2n) is 6.14. The summed E-state index contributed by atoms with van der Waals surface area (Å²) in [6, 6.07) is 13.6. The molecule has 0 unspecified atom stereocenters. The van der Waals surface area contributed by atoms with Crippen LogP contribution in [0.25, 0.3) is 0 Å². The fraction of sp³-hybridized carbons (Fsp3) is 0.316. The van der Waals surface area contributed by atoms with Crippen LogP contribution < -0.4 is 4.31 Å². The number of carbonyl (C=O) groups excluding carboxylic acids is 1. The van der Waals surface area contributed by atoms with Gasteiger partial charge in [0.05, 0.1) is 11.9 Å². The number of halogens is 1. The monoisotopic (exact) mass is 378 g/mol. The Bertz CT molecular complexity index is 839. The van der Waals surface area contributed by atoms with Crippen LogP contribution in [0, 0.1) is 5.82 Å². The van der Waals surface area contributed by atoms with Crippen LogP contribution in [-0.2, 0) is 21.4 Å². The molecule has 0 radical (unpaired) electrons. The van der Waals surface area contributed by atoms with Crippen molar-refractivity contribution in [2.24, 2.45) is 0 Å². The lowest BCUT2D eigenvalue weighted by Crippen LogP contribution is -2.49. The number of likely N-dealkylation sites (N-methyl/N-ethyl adjacent to an activating group) is 1. The maximum Gasteiger partial charge on any atom is 0.246 e. The predicted octanol–water partition coefficient (Wildman–Crippen LogP) is 3.03. The zero-order valence-corrected chi connectivity index (χ0v) is 15.9. The van der Waals surface area contributed by atoms with Crippen LogP contribution in [0.4, 0.5) is 10.1 Å². The van der Waals surface area contributed by atoms with E-state index in [0.717, 1.165) is 16.1 Å². The number of sulfonamides is 1. The van der Waals surface area contributed by atoms with Crippen LogP contribution in [0.1, 0.15) is 18.9 Å². The van der Waals surface area contributed by atoms with Crippen molar-refractivity contribution in [2.45, 2.75) is 25.9 Å². The highest BCUT2D eigenvalue weighted by Gasteiger charge is 2.33. The Morgan fingerprint density at radius 2 is 1.65 bits per heavy atom. The third-order valence-corrected chi connectivity index (χ3v) is 5.21. The second-order valence-corrected chi connectivity index (χ2v) is 8.00. The van der Waals surface area contributed by atoms with Gasteiger partial charge in [-0.05, 0) is 36.2 Å². The average Bonchev–Trinajstić information content (AvgIpc) is 2.60. The Morgan fingerprint density at radius 1 is 1.08 bits per heavy atom. The molecule has 0 aromatic heterocycles. The number of nitrogens with zero attached hydrogens (tertiary/aromatic N) is 2. The molecule has 0 aliphatic rings. The van der Waals surface area contributed by atoms with Crippen molar-refractivity contribution < 1.29 is 17.6 Å². The van der Waals surface area contributed by atoms with Crippen molar-refractivity contribution in [3.63, 3.8) is 0 Å². The van der Waals surface area contributed by atoms with Gasteiger partial charge in [-0.15, -0.1) is 0 Å². The van der Waals surface area contributed by atoms with E-state index in [0.29, 0.717) is 13.0 Å². The van der Waals surface area contributed by atoms with E-state index in [1.54, 1.807) is 14.0 Å². The largest absolute Gasteiger partial charge is 0.340 e. The van der Waals surface area contributed by atoms with Crippen LogP contribution in [0.15, 0.2) is 54.6 Å². The smallest absolute Gasteiger partial charge is 0.246 e. The minimum Gasteiger partial charge on any atom is -0.340 e. The van der Waals surface area contributed by atoms with Crippen LogP contribution >= 0.6 is 0 Å². The van der Waals surface area contributed by atoms with Gasteiger partial charge in [-0.3, -0.25) is 9.10 Å². The maximum absolute atomic E-state index is 13.2. The van der Waals surface area contributed by atoms with Gasteiger partial charge in [0.25, 0.3) is 0 Å². The van der Waals surface area contributed by atoms with E-state index in [4.69, 9.17) is 0 Å². The number of rotatable bonds is 7. The SMILES string of the molecule is CC[C@@H](C(=O)N(C)Cc1ccccc1)N(c1ccc(F)cc1)S(C)(=O)=O. The van der Waals surface area contributed by atoms with Crippen LogP contribution in [0.3, 0.4) is 0 Å². The van der Waals surface area contributed by atoms with Crippen molar-refractivity contribution in [3.05, 3.63) is 66.0 Å². The summed E-state index contributed by atoms with van der Waals surface area (Å²) in [6.45, 7) is 2.12. The van der Waals surface area contributed by atoms with Gasteiger partial charge in [0.1, 0.15) is 11.9 Å². The standard InChI is InChI=1S/C19H23FN2O3S/c1-4-18(19(23)21(2)14-15-8-6-5-7-9-15)22(26(3,24)25)17-12-10-16(20)11-13-17/h5-13,18H,4,14H2,1-3H3/t18-/m0/s1. The van der Waals surface area contributed by atoms with Gasteiger partial charge in [0.15, 0.2) is 0 Å². The zero-order chi connectivity index (χ0) is 19.3. The predicted molar refractivity (Wildman–Crippen MR) is 101 cm³/mol. The molecule has 140 valence electrons. The van der Waals surface area contributed by atoms with Crippen molar-refractivity contribution in [3.8, 4) is 0 Å². The molecular weight excluding hydrogens is 355 g/mol. The maximum atomic E-state index is 13.2. The molecule has 26 heavy (non-hydrogen) atoms. The Hall–Kier alpha value is -2.41. The van der Waals surface area contributed by atoms with Gasteiger partial charge >= 0.3 is 0 Å². The minimum atomic E-state index is -3.73. The summed E-state index contributed by atoms with van der Waals surface area (Å²) >= 11 is 0. The molecule has 0 aliphatic heterocycles. The van der Waals surface area contributed by atoms with E-state index in [2.05, 4.69) is 0 Å². The molecule has 2 rings (SSSR count). The molecule has 7 heteroatoms. The van der Waals surface area contributed by atoms with E-state index in [1.165, 1.54) is 29.2 Å². The fourth-order valence-electron chi connectivity index (χ4n) is 2.82. The molecule has 0 aliphatic carbocycles. The quantitative estimate of drug-likeness (QED) is 0.744. The highest BCUT2D eigenvalue weighted by Crippen LogP contribution is 2.24. The summed E-state index contributed by atoms with van der Waals surface area (Å²) in [5.41, 5.74) is 1.22. The van der Waals surface area contributed by atoms with Gasteiger partial charge in [0.2, 0.25) is 15.9 Å². The lowest BCUT2D eigenvalue weighted by Gasteiger charge is -2.32. The Balaban J connectivity index is 2.32. The summed E-state index contributed by atoms with van der Waals surface area (Å²) in [6.07, 6.45) is 1.34. The molecule has 0 saturated carbocycles. The first-order valence-corrected chi connectivity index (χ1v) is 10.1. The molecule has 0 fully saturated rings. The molecule has 0 heterocycles. The fourth-order valence-corrected chi connectivity index (χ4v) is 4.03. The lowest BCUT2D eigenvalue weighted by molar-refractivity contribution is -0.131. The zero-order valence-electron chi connectivity index (χ0n) is 15.1. The van der Waals surface area contributed by atoms with Crippen LogP contribution in [-0.4, -0.2) is 38.6 Å². The normalized spacial score (nSPS) is 12.5. The molecule has 0 bridgehead atoms. The van der Waals surface area contributed by atoms with E-state index < -0.39 is 21.9 Å². The number of hydrogen-bond acceptors (Lipinski definition) is 3. The first kappa shape index (κ1) is 19.9. The van der Waals surface area contributed by atoms with Crippen molar-refractivity contribution >= 4 is 21.6 Å². The van der Waals surface area contributed by atoms with Gasteiger partial charge in [-0.25, -0.2) is 12.8 Å². The average molecular weight is 378 g/mol. The molecule has 0 N–H and O–H groups in total. The van der Waals surface area contributed by atoms with Gasteiger partial charge in [-0.1, -0.05) is 37.3 Å². The van der Waals surface area contributed by atoms with Gasteiger partial charge in [-0.2, -0.15) is 0 Å². The van der Waals surface area contributed by atoms with E-state index in [-0.39, 0.29) is 11.6 Å².